The quantitative estimate of drug-likeness (QED) is 0.395. The van der Waals surface area contributed by atoms with Crippen LogP contribution in [0, 0.1) is 0 Å². The molecule has 0 aromatic carbocycles. The van der Waals surface area contributed by atoms with E-state index >= 15 is 0 Å². The predicted molar refractivity (Wildman–Crippen MR) is 111 cm³/mol. The number of halogens is 3. The van der Waals surface area contributed by atoms with Crippen molar-refractivity contribution in [1.29, 1.82) is 0 Å². The number of hydrogen-bond acceptors (Lipinski definition) is 8. The number of carbonyl (C=O) groups excluding carboxylic acids is 3. The van der Waals surface area contributed by atoms with Crippen LogP contribution in [0.1, 0.15) is 45.2 Å². The monoisotopic (exact) mass is 477 g/mol. The zero-order chi connectivity index (χ0) is 23.7. The number of hydroxylamine groups is 2. The van der Waals surface area contributed by atoms with E-state index in [1.807, 2.05) is 0 Å². The number of esters is 1. The van der Waals surface area contributed by atoms with Gasteiger partial charge in [-0.1, -0.05) is 11.8 Å². The largest absolute Gasteiger partial charge is 0.492 e. The zero-order valence-corrected chi connectivity index (χ0v) is 18.7. The summed E-state index contributed by atoms with van der Waals surface area (Å²) in [6, 6.07) is 1.74. The average molecular weight is 478 g/mol. The lowest BCUT2D eigenvalue weighted by Crippen LogP contribution is -2.41. The second-order valence-electron chi connectivity index (χ2n) is 7.11. The number of rotatable bonds is 9. The summed E-state index contributed by atoms with van der Waals surface area (Å²) in [4.78, 5) is 38.5. The molecule has 2 heterocycles. The number of carbonyl (C=O) groups is 3. The molecule has 0 N–H and O–H groups in total. The molecule has 1 aromatic heterocycles. The first-order valence-corrected chi connectivity index (χ1v) is 11.1. The molecular formula is C20H26F3N3O5S. The summed E-state index contributed by atoms with van der Waals surface area (Å²) in [5, 5.41) is 5.01. The molecule has 0 saturated carbocycles. The van der Waals surface area contributed by atoms with Crippen LogP contribution in [0.3, 0.4) is 0 Å². The van der Waals surface area contributed by atoms with Gasteiger partial charge in [-0.05, 0) is 43.9 Å². The molecule has 0 aliphatic carbocycles. The van der Waals surface area contributed by atoms with Gasteiger partial charge in [-0.3, -0.25) is 14.3 Å². The van der Waals surface area contributed by atoms with Crippen molar-refractivity contribution >= 4 is 34.9 Å². The van der Waals surface area contributed by atoms with Crippen molar-refractivity contribution in [1.82, 2.24) is 14.8 Å². The van der Waals surface area contributed by atoms with Crippen molar-refractivity contribution in [3.05, 3.63) is 23.5 Å². The van der Waals surface area contributed by atoms with E-state index in [0.29, 0.717) is 43.7 Å². The van der Waals surface area contributed by atoms with Crippen LogP contribution >= 0.6 is 11.8 Å². The Morgan fingerprint density at radius 3 is 2.72 bits per heavy atom. The van der Waals surface area contributed by atoms with Gasteiger partial charge in [-0.15, -0.1) is 5.06 Å². The number of alkyl halides is 3. The molecule has 1 aliphatic heterocycles. The first-order valence-electron chi connectivity index (χ1n) is 10.2. The third kappa shape index (κ3) is 8.65. The van der Waals surface area contributed by atoms with Crippen LogP contribution in [0.25, 0.3) is 6.08 Å². The summed E-state index contributed by atoms with van der Waals surface area (Å²) >= 11 is 1.08. The van der Waals surface area contributed by atoms with Crippen LogP contribution in [0.2, 0.25) is 0 Å². The van der Waals surface area contributed by atoms with E-state index in [-0.39, 0.29) is 29.4 Å². The molecule has 1 fully saturated rings. The van der Waals surface area contributed by atoms with Crippen LogP contribution in [0.15, 0.2) is 17.8 Å². The lowest BCUT2D eigenvalue weighted by Gasteiger charge is -2.32. The minimum atomic E-state index is -5.08. The Kier molecular flexibility index (Phi) is 9.76. The molecule has 32 heavy (non-hydrogen) atoms. The lowest BCUT2D eigenvalue weighted by atomic mass is 10.0. The standard InChI is InChI=1S/C20H26F3N3O5S/c1-3-30-18(28)6-4-5-9-25-10-7-16(24-25)12-15-13-26(31-19(29)20(21,22)23)11-8-17(15)32-14(2)27/h7,10,12,17H,3-6,8-9,11,13H2,1-2H3/b15-12+. The second kappa shape index (κ2) is 12.0. The maximum Gasteiger partial charge on any atom is 0.492 e. The van der Waals surface area contributed by atoms with Gasteiger partial charge in [0.15, 0.2) is 5.12 Å². The Bertz CT molecular complexity index is 841. The van der Waals surface area contributed by atoms with Gasteiger partial charge in [-0.2, -0.15) is 18.3 Å². The van der Waals surface area contributed by atoms with E-state index in [2.05, 4.69) is 9.94 Å². The third-order valence-electron chi connectivity index (χ3n) is 4.48. The zero-order valence-electron chi connectivity index (χ0n) is 17.9. The number of thioether (sulfide) groups is 1. The van der Waals surface area contributed by atoms with E-state index < -0.39 is 12.1 Å². The highest BCUT2D eigenvalue weighted by molar-refractivity contribution is 8.14. The fraction of sp³-hybridized carbons (Fsp3) is 0.600. The Balaban J connectivity index is 2.01. The van der Waals surface area contributed by atoms with Crippen molar-refractivity contribution < 1.29 is 37.1 Å². The number of aromatic nitrogens is 2. The highest BCUT2D eigenvalue weighted by Gasteiger charge is 2.43. The van der Waals surface area contributed by atoms with Gasteiger partial charge in [-0.25, -0.2) is 4.79 Å². The smallest absolute Gasteiger partial charge is 0.466 e. The molecule has 0 spiro atoms. The Morgan fingerprint density at radius 2 is 2.06 bits per heavy atom. The van der Waals surface area contributed by atoms with E-state index in [0.717, 1.165) is 23.2 Å². The predicted octanol–water partition coefficient (Wildman–Crippen LogP) is 3.37. The van der Waals surface area contributed by atoms with Gasteiger partial charge in [0.2, 0.25) is 0 Å². The molecule has 178 valence electrons. The fourth-order valence-electron chi connectivity index (χ4n) is 3.10. The second-order valence-corrected chi connectivity index (χ2v) is 8.49. The first kappa shape index (κ1) is 25.9. The first-order chi connectivity index (χ1) is 15.1. The molecule has 1 aromatic rings. The number of nitrogens with zero attached hydrogens (tertiary/aromatic N) is 3. The maximum atomic E-state index is 12.5. The van der Waals surface area contributed by atoms with E-state index in [9.17, 15) is 27.6 Å². The Hall–Kier alpha value is -2.34. The van der Waals surface area contributed by atoms with Crippen molar-refractivity contribution in [2.45, 2.75) is 57.5 Å². The number of piperidine rings is 1. The summed E-state index contributed by atoms with van der Waals surface area (Å²) in [7, 11) is 0. The van der Waals surface area contributed by atoms with E-state index in [1.165, 1.54) is 6.92 Å². The van der Waals surface area contributed by atoms with Crippen LogP contribution in [0.4, 0.5) is 13.2 Å². The number of aryl methyl sites for hydroxylation is 1. The summed E-state index contributed by atoms with van der Waals surface area (Å²) in [5.41, 5.74) is 1.21. The SMILES string of the molecule is CCOC(=O)CCCCn1ccc(/C=C2\CN(OC(=O)C(F)(F)F)CCC2SC(C)=O)n1. The highest BCUT2D eigenvalue weighted by Crippen LogP contribution is 2.30. The normalized spacial score (nSPS) is 18.5. The summed E-state index contributed by atoms with van der Waals surface area (Å²) in [5.74, 6) is -2.51. The molecule has 1 saturated heterocycles. The summed E-state index contributed by atoms with van der Waals surface area (Å²) in [6.07, 6.45) is 0.434. The van der Waals surface area contributed by atoms with Crippen LogP contribution in [0.5, 0.6) is 0 Å². The molecule has 1 atom stereocenters. The van der Waals surface area contributed by atoms with Crippen molar-refractivity contribution in [3.8, 4) is 0 Å². The van der Waals surface area contributed by atoms with Crippen molar-refractivity contribution in [2.24, 2.45) is 0 Å². The van der Waals surface area contributed by atoms with Gasteiger partial charge >= 0.3 is 18.1 Å². The number of unbranched alkanes of at least 4 members (excludes halogenated alkanes) is 1. The molecule has 0 amide bonds. The molecule has 1 aliphatic rings. The number of ether oxygens (including phenoxy) is 1. The average Bonchev–Trinajstić information content (AvgIpc) is 3.13. The van der Waals surface area contributed by atoms with Crippen LogP contribution in [-0.2, 0) is 30.5 Å². The van der Waals surface area contributed by atoms with Crippen molar-refractivity contribution in [3.63, 3.8) is 0 Å². The molecular weight excluding hydrogens is 451 g/mol. The Morgan fingerprint density at radius 1 is 1.31 bits per heavy atom. The fourth-order valence-corrected chi connectivity index (χ4v) is 4.01. The van der Waals surface area contributed by atoms with Crippen LogP contribution in [-0.4, -0.2) is 63.0 Å². The minimum absolute atomic E-state index is 0.0564. The molecule has 1 unspecified atom stereocenters. The summed E-state index contributed by atoms with van der Waals surface area (Å²) in [6.45, 7) is 4.14. The lowest BCUT2D eigenvalue weighted by molar-refractivity contribution is -0.238. The van der Waals surface area contributed by atoms with E-state index in [4.69, 9.17) is 4.74 Å². The van der Waals surface area contributed by atoms with E-state index in [1.54, 1.807) is 29.9 Å². The topological polar surface area (TPSA) is 90.7 Å². The maximum absolute atomic E-state index is 12.5. The highest BCUT2D eigenvalue weighted by atomic mass is 32.2. The third-order valence-corrected chi connectivity index (χ3v) is 5.64. The summed E-state index contributed by atoms with van der Waals surface area (Å²) < 4.78 is 44.1. The number of hydrogen-bond donors (Lipinski definition) is 0. The molecule has 12 heteroatoms. The Labute approximate surface area is 188 Å². The van der Waals surface area contributed by atoms with Gasteiger partial charge in [0.05, 0.1) is 18.8 Å². The van der Waals surface area contributed by atoms with Crippen molar-refractivity contribution in [2.75, 3.05) is 19.7 Å². The molecule has 0 bridgehead atoms. The molecule has 0 radical (unpaired) electrons. The van der Waals surface area contributed by atoms with Gasteiger partial charge in [0.1, 0.15) is 0 Å². The molecule has 8 nitrogen and oxygen atoms in total. The van der Waals surface area contributed by atoms with Gasteiger partial charge in [0.25, 0.3) is 0 Å². The molecule has 2 rings (SSSR count). The van der Waals surface area contributed by atoms with Gasteiger partial charge < -0.3 is 9.57 Å². The van der Waals surface area contributed by atoms with Gasteiger partial charge in [0, 0.05) is 37.9 Å². The minimum Gasteiger partial charge on any atom is -0.466 e. The van der Waals surface area contributed by atoms with Crippen LogP contribution < -0.4 is 0 Å².